The number of hydrogen-bond acceptors (Lipinski definition) is 4. The first-order valence-corrected chi connectivity index (χ1v) is 13.4. The molecule has 204 valence electrons. The molecule has 0 fully saturated rings. The van der Waals surface area contributed by atoms with Crippen molar-refractivity contribution in [2.45, 2.75) is 0 Å². The van der Waals surface area contributed by atoms with E-state index in [4.69, 9.17) is 9.72 Å². The Kier molecular flexibility index (Phi) is 6.45. The van der Waals surface area contributed by atoms with Crippen LogP contribution < -0.4 is 4.74 Å². The molecule has 0 aliphatic heterocycles. The molecule has 0 atom stereocenters. The molecule has 0 radical (unpaired) electrons. The zero-order valence-electron chi connectivity index (χ0n) is 22.1. The van der Waals surface area contributed by atoms with Crippen LogP contribution >= 0.6 is 0 Å². The summed E-state index contributed by atoms with van der Waals surface area (Å²) in [5, 5.41) is 15.2. The van der Waals surface area contributed by atoms with Crippen LogP contribution in [0, 0.1) is 6.07 Å². The third-order valence-corrected chi connectivity index (χ3v) is 7.48. The maximum Gasteiger partial charge on any atom is 0.217 e. The van der Waals surface area contributed by atoms with Gasteiger partial charge in [-0.25, -0.2) is 9.97 Å². The van der Waals surface area contributed by atoms with Crippen LogP contribution in [0.5, 0.6) is 17.4 Å². The largest absolute Gasteiger partial charge is 0.505 e. The number of hydrogen-bond donors (Lipinski definition) is 1. The SMILES string of the molecule is Oc1c(-c2ccccc2)ccc2ccc(Oc3[c-]c4c(cc3)c3ccccc3n4-c3ccc4ccccc4n3)nc12.[Pt]. The minimum absolute atomic E-state index is 0. The Labute approximate surface area is 255 Å². The van der Waals surface area contributed by atoms with Gasteiger partial charge in [-0.05, 0) is 47.3 Å². The molecule has 0 spiro atoms. The number of pyridine rings is 2. The van der Waals surface area contributed by atoms with Gasteiger partial charge >= 0.3 is 0 Å². The van der Waals surface area contributed by atoms with Gasteiger partial charge in [0.25, 0.3) is 0 Å². The van der Waals surface area contributed by atoms with Crippen molar-refractivity contribution >= 4 is 43.6 Å². The van der Waals surface area contributed by atoms with Crippen molar-refractivity contribution in [3.05, 3.63) is 133 Å². The van der Waals surface area contributed by atoms with E-state index in [9.17, 15) is 5.11 Å². The van der Waals surface area contributed by atoms with Gasteiger partial charge in [0.05, 0.1) is 5.52 Å². The molecule has 0 bridgehead atoms. The summed E-state index contributed by atoms with van der Waals surface area (Å²) in [5.41, 5.74) is 4.97. The molecule has 5 nitrogen and oxygen atoms in total. The first-order valence-electron chi connectivity index (χ1n) is 13.4. The molecule has 0 aliphatic rings. The van der Waals surface area contributed by atoms with Crippen LogP contribution in [0.4, 0.5) is 0 Å². The zero-order valence-corrected chi connectivity index (χ0v) is 24.4. The van der Waals surface area contributed by atoms with Crippen LogP contribution in [0.2, 0.25) is 0 Å². The van der Waals surface area contributed by atoms with Gasteiger partial charge in [0.15, 0.2) is 0 Å². The number of rotatable bonds is 4. The number of nitrogens with zero attached hydrogens (tertiary/aromatic N) is 3. The average molecular weight is 724 g/mol. The Hall–Kier alpha value is -4.99. The summed E-state index contributed by atoms with van der Waals surface area (Å²) < 4.78 is 8.36. The van der Waals surface area contributed by atoms with Crippen molar-refractivity contribution in [3.63, 3.8) is 0 Å². The van der Waals surface area contributed by atoms with E-state index >= 15 is 0 Å². The third-order valence-electron chi connectivity index (χ3n) is 7.48. The first-order chi connectivity index (χ1) is 20.2. The van der Waals surface area contributed by atoms with E-state index in [-0.39, 0.29) is 26.8 Å². The minimum atomic E-state index is 0. The Morgan fingerprint density at radius 3 is 2.31 bits per heavy atom. The quantitative estimate of drug-likeness (QED) is 0.185. The molecule has 42 heavy (non-hydrogen) atoms. The standard InChI is InChI=1S/C36H22N3O2.Pt/c40-36-27(23-8-2-1-3-9-23)18-14-25-16-21-34(38-35(25)36)41-26-17-19-29-28-11-5-7-13-31(28)39(32(29)22-26)33-20-15-24-10-4-6-12-30(24)37-33;/h1-21,40H;/q-1;. The van der Waals surface area contributed by atoms with E-state index < -0.39 is 0 Å². The number of para-hydroxylation sites is 2. The number of aromatic hydroxyl groups is 1. The number of phenols is 1. The van der Waals surface area contributed by atoms with Crippen molar-refractivity contribution in [1.82, 2.24) is 14.5 Å². The summed E-state index contributed by atoms with van der Waals surface area (Å²) in [6.07, 6.45) is 0. The molecule has 8 aromatic rings. The van der Waals surface area contributed by atoms with Gasteiger partial charge in [-0.2, -0.15) is 6.07 Å². The summed E-state index contributed by atoms with van der Waals surface area (Å²) in [6.45, 7) is 0. The van der Waals surface area contributed by atoms with E-state index in [0.717, 1.165) is 55.0 Å². The van der Waals surface area contributed by atoms with Gasteiger partial charge in [-0.3, -0.25) is 0 Å². The molecule has 5 aromatic carbocycles. The van der Waals surface area contributed by atoms with Crippen LogP contribution in [-0.2, 0) is 21.1 Å². The molecular formula is C36H22N3O2Pt-. The van der Waals surface area contributed by atoms with E-state index in [1.165, 1.54) is 0 Å². The third kappa shape index (κ3) is 4.30. The maximum absolute atomic E-state index is 11.1. The number of phenolic OH excluding ortho intramolecular Hbond substituents is 1. The van der Waals surface area contributed by atoms with Crippen LogP contribution in [0.25, 0.3) is 60.6 Å². The Balaban J connectivity index is 0.00000288. The molecule has 0 unspecified atom stereocenters. The molecule has 3 aromatic heterocycles. The van der Waals surface area contributed by atoms with E-state index in [0.29, 0.717) is 17.1 Å². The van der Waals surface area contributed by atoms with Crippen molar-refractivity contribution < 1.29 is 30.9 Å². The fourth-order valence-electron chi connectivity index (χ4n) is 5.53. The summed E-state index contributed by atoms with van der Waals surface area (Å²) in [4.78, 5) is 9.65. The van der Waals surface area contributed by atoms with Gasteiger partial charge in [0.2, 0.25) is 5.88 Å². The van der Waals surface area contributed by atoms with Crippen LogP contribution in [0.3, 0.4) is 0 Å². The molecule has 6 heteroatoms. The fourth-order valence-corrected chi connectivity index (χ4v) is 5.53. The van der Waals surface area contributed by atoms with Crippen LogP contribution in [0.1, 0.15) is 0 Å². The van der Waals surface area contributed by atoms with Gasteiger partial charge in [-0.1, -0.05) is 78.3 Å². The second kappa shape index (κ2) is 10.4. The molecule has 8 rings (SSSR count). The van der Waals surface area contributed by atoms with E-state index in [1.807, 2.05) is 103 Å². The van der Waals surface area contributed by atoms with Gasteiger partial charge in [0, 0.05) is 54.7 Å². The summed E-state index contributed by atoms with van der Waals surface area (Å²) in [5.74, 6) is 1.83. The topological polar surface area (TPSA) is 60.2 Å². The fraction of sp³-hybridized carbons (Fsp3) is 0. The molecule has 1 N–H and O–H groups in total. The molecule has 0 aliphatic carbocycles. The maximum atomic E-state index is 11.1. The van der Waals surface area contributed by atoms with Crippen molar-refractivity contribution in [2.24, 2.45) is 0 Å². The van der Waals surface area contributed by atoms with Gasteiger partial charge in [-0.15, -0.1) is 17.5 Å². The molecule has 0 amide bonds. The number of benzene rings is 5. The van der Waals surface area contributed by atoms with Gasteiger partial charge < -0.3 is 14.4 Å². The smallest absolute Gasteiger partial charge is 0.217 e. The second-order valence-electron chi connectivity index (χ2n) is 9.95. The van der Waals surface area contributed by atoms with Gasteiger partial charge in [0.1, 0.15) is 17.1 Å². The van der Waals surface area contributed by atoms with Crippen LogP contribution in [-0.4, -0.2) is 19.6 Å². The van der Waals surface area contributed by atoms with Crippen molar-refractivity contribution in [2.75, 3.05) is 0 Å². The summed E-state index contributed by atoms with van der Waals surface area (Å²) >= 11 is 0. The molecule has 0 saturated heterocycles. The Morgan fingerprint density at radius 2 is 1.40 bits per heavy atom. The second-order valence-corrected chi connectivity index (χ2v) is 9.95. The molecule has 3 heterocycles. The Morgan fingerprint density at radius 1 is 0.643 bits per heavy atom. The monoisotopic (exact) mass is 723 g/mol. The van der Waals surface area contributed by atoms with E-state index in [1.54, 1.807) is 0 Å². The number of fused-ring (bicyclic) bond motifs is 5. The molecule has 0 saturated carbocycles. The summed E-state index contributed by atoms with van der Waals surface area (Å²) in [7, 11) is 0. The zero-order chi connectivity index (χ0) is 27.3. The van der Waals surface area contributed by atoms with Crippen molar-refractivity contribution in [3.8, 4) is 34.3 Å². The Bertz CT molecular complexity index is 2260. The van der Waals surface area contributed by atoms with E-state index in [2.05, 4.69) is 39.9 Å². The summed E-state index contributed by atoms with van der Waals surface area (Å²) in [6, 6.07) is 45.3. The minimum Gasteiger partial charge on any atom is -0.505 e. The predicted octanol–water partition coefficient (Wildman–Crippen LogP) is 8.84. The first kappa shape index (κ1) is 25.9. The van der Waals surface area contributed by atoms with Crippen molar-refractivity contribution in [1.29, 1.82) is 0 Å². The predicted molar refractivity (Wildman–Crippen MR) is 164 cm³/mol. The number of ether oxygens (including phenoxy) is 1. The van der Waals surface area contributed by atoms with Crippen LogP contribution in [0.15, 0.2) is 127 Å². The molecular weight excluding hydrogens is 701 g/mol. The average Bonchev–Trinajstić information content (AvgIpc) is 3.35. The number of aromatic nitrogens is 3. The normalized spacial score (nSPS) is 11.2.